The van der Waals surface area contributed by atoms with Gasteiger partial charge in [-0.1, -0.05) is 25.7 Å². The maximum Gasteiger partial charge on any atom is 0.179 e. The first-order valence-electron chi connectivity index (χ1n) is 8.15. The number of hydrogen-bond acceptors (Lipinski definition) is 4. The largest absolute Gasteiger partial charge is 0.371 e. The van der Waals surface area contributed by atoms with Crippen molar-refractivity contribution in [3.8, 4) is 0 Å². The van der Waals surface area contributed by atoms with Gasteiger partial charge in [0.05, 0.1) is 0 Å². The SMILES string of the molecule is O=C1CCC(C(=O)C(O)NC2CC2)C1CC1CCCC1. The van der Waals surface area contributed by atoms with Crippen molar-refractivity contribution >= 4 is 11.6 Å². The number of rotatable bonds is 6. The van der Waals surface area contributed by atoms with Gasteiger partial charge in [-0.15, -0.1) is 0 Å². The maximum absolute atomic E-state index is 12.4. The van der Waals surface area contributed by atoms with Crippen LogP contribution in [-0.4, -0.2) is 28.9 Å². The number of aliphatic hydroxyl groups is 1. The molecular formula is C16H25NO3. The average Bonchev–Trinajstić information content (AvgIpc) is 2.96. The van der Waals surface area contributed by atoms with Gasteiger partial charge >= 0.3 is 0 Å². The lowest BCUT2D eigenvalue weighted by Crippen LogP contribution is -2.42. The molecule has 3 unspecified atom stereocenters. The molecule has 3 aliphatic carbocycles. The van der Waals surface area contributed by atoms with Crippen LogP contribution in [-0.2, 0) is 9.59 Å². The van der Waals surface area contributed by atoms with E-state index >= 15 is 0 Å². The Labute approximate surface area is 120 Å². The van der Waals surface area contributed by atoms with Crippen LogP contribution in [0.3, 0.4) is 0 Å². The standard InChI is InChI=1S/C16H25NO3/c18-14-8-7-12(13(14)9-10-3-1-2-4-10)15(19)16(20)17-11-5-6-11/h10-13,16-17,20H,1-9H2. The summed E-state index contributed by atoms with van der Waals surface area (Å²) in [6.45, 7) is 0. The molecule has 0 aliphatic heterocycles. The summed E-state index contributed by atoms with van der Waals surface area (Å²) in [6, 6.07) is 0.305. The number of carbonyl (C=O) groups excluding carboxylic acids is 2. The van der Waals surface area contributed by atoms with Crippen LogP contribution in [0.2, 0.25) is 0 Å². The van der Waals surface area contributed by atoms with Crippen molar-refractivity contribution in [3.63, 3.8) is 0 Å². The first-order valence-corrected chi connectivity index (χ1v) is 8.15. The summed E-state index contributed by atoms with van der Waals surface area (Å²) >= 11 is 0. The third kappa shape index (κ3) is 3.12. The van der Waals surface area contributed by atoms with Gasteiger partial charge in [0.2, 0.25) is 0 Å². The maximum atomic E-state index is 12.4. The van der Waals surface area contributed by atoms with Gasteiger partial charge in [-0.25, -0.2) is 0 Å². The van der Waals surface area contributed by atoms with Crippen molar-refractivity contribution < 1.29 is 14.7 Å². The Morgan fingerprint density at radius 2 is 1.90 bits per heavy atom. The monoisotopic (exact) mass is 279 g/mol. The lowest BCUT2D eigenvalue weighted by Gasteiger charge is -2.23. The molecule has 3 rings (SSSR count). The van der Waals surface area contributed by atoms with E-state index < -0.39 is 6.23 Å². The van der Waals surface area contributed by atoms with Crippen LogP contribution in [0.15, 0.2) is 0 Å². The third-order valence-electron chi connectivity index (χ3n) is 5.27. The number of ketones is 2. The molecule has 3 aliphatic rings. The average molecular weight is 279 g/mol. The second-order valence-electron chi connectivity index (χ2n) is 6.85. The van der Waals surface area contributed by atoms with Gasteiger partial charge in [0.15, 0.2) is 12.0 Å². The predicted molar refractivity (Wildman–Crippen MR) is 75.0 cm³/mol. The van der Waals surface area contributed by atoms with Gasteiger partial charge < -0.3 is 5.11 Å². The van der Waals surface area contributed by atoms with Crippen LogP contribution >= 0.6 is 0 Å². The number of nitrogens with one attached hydrogen (secondary N) is 1. The van der Waals surface area contributed by atoms with E-state index in [1.807, 2.05) is 0 Å². The molecule has 20 heavy (non-hydrogen) atoms. The molecule has 2 N–H and O–H groups in total. The van der Waals surface area contributed by atoms with E-state index in [0.29, 0.717) is 24.8 Å². The van der Waals surface area contributed by atoms with Crippen LogP contribution in [0.25, 0.3) is 0 Å². The first kappa shape index (κ1) is 14.2. The highest BCUT2D eigenvalue weighted by atomic mass is 16.3. The molecule has 3 fully saturated rings. The molecular weight excluding hydrogens is 254 g/mol. The molecule has 3 atom stereocenters. The summed E-state index contributed by atoms with van der Waals surface area (Å²) in [5.74, 6) is 0.344. The Balaban J connectivity index is 1.60. The lowest BCUT2D eigenvalue weighted by molar-refractivity contribution is -0.136. The topological polar surface area (TPSA) is 66.4 Å². The molecule has 0 saturated heterocycles. The van der Waals surface area contributed by atoms with Gasteiger partial charge in [0.1, 0.15) is 5.78 Å². The molecule has 112 valence electrons. The van der Waals surface area contributed by atoms with Crippen LogP contribution in [0, 0.1) is 17.8 Å². The van der Waals surface area contributed by atoms with E-state index in [2.05, 4.69) is 5.32 Å². The van der Waals surface area contributed by atoms with E-state index in [9.17, 15) is 14.7 Å². The Bertz CT molecular complexity index is 385. The Hall–Kier alpha value is -0.740. The molecule has 3 saturated carbocycles. The quantitative estimate of drug-likeness (QED) is 0.728. The van der Waals surface area contributed by atoms with Crippen molar-refractivity contribution in [1.82, 2.24) is 5.32 Å². The van der Waals surface area contributed by atoms with Gasteiger partial charge in [-0.3, -0.25) is 14.9 Å². The van der Waals surface area contributed by atoms with Crippen LogP contribution in [0.1, 0.15) is 57.8 Å². The predicted octanol–water partition coefficient (Wildman–Crippen LogP) is 1.80. The highest BCUT2D eigenvalue weighted by Gasteiger charge is 2.43. The van der Waals surface area contributed by atoms with E-state index in [4.69, 9.17) is 0 Å². The Kier molecular flexibility index (Phi) is 4.22. The van der Waals surface area contributed by atoms with Gasteiger partial charge in [-0.2, -0.15) is 0 Å². The molecule has 0 aromatic carbocycles. The second-order valence-corrected chi connectivity index (χ2v) is 6.85. The zero-order chi connectivity index (χ0) is 14.1. The van der Waals surface area contributed by atoms with Crippen molar-refractivity contribution in [2.45, 2.75) is 70.1 Å². The normalized spacial score (nSPS) is 32.8. The van der Waals surface area contributed by atoms with Crippen LogP contribution < -0.4 is 5.32 Å². The second kappa shape index (κ2) is 5.94. The Morgan fingerprint density at radius 3 is 2.55 bits per heavy atom. The molecule has 4 nitrogen and oxygen atoms in total. The number of aliphatic hydroxyl groups excluding tert-OH is 1. The van der Waals surface area contributed by atoms with Crippen molar-refractivity contribution in [3.05, 3.63) is 0 Å². The zero-order valence-corrected chi connectivity index (χ0v) is 12.0. The fraction of sp³-hybridized carbons (Fsp3) is 0.875. The minimum Gasteiger partial charge on any atom is -0.371 e. The third-order valence-corrected chi connectivity index (χ3v) is 5.27. The van der Waals surface area contributed by atoms with Crippen LogP contribution in [0.4, 0.5) is 0 Å². The lowest BCUT2D eigenvalue weighted by atomic mass is 9.83. The van der Waals surface area contributed by atoms with Crippen LogP contribution in [0.5, 0.6) is 0 Å². The summed E-state index contributed by atoms with van der Waals surface area (Å²) in [5.41, 5.74) is 0. The van der Waals surface area contributed by atoms with Crippen molar-refractivity contribution in [2.75, 3.05) is 0 Å². The molecule has 0 amide bonds. The zero-order valence-electron chi connectivity index (χ0n) is 12.0. The number of carbonyl (C=O) groups is 2. The molecule has 0 aromatic heterocycles. The molecule has 0 spiro atoms. The highest BCUT2D eigenvalue weighted by Crippen LogP contribution is 2.39. The van der Waals surface area contributed by atoms with Gasteiger partial charge in [0.25, 0.3) is 0 Å². The summed E-state index contributed by atoms with van der Waals surface area (Å²) in [7, 11) is 0. The number of Topliss-reactive ketones (excluding diaryl/α,β-unsaturated/α-hetero) is 2. The van der Waals surface area contributed by atoms with E-state index in [-0.39, 0.29) is 23.4 Å². The van der Waals surface area contributed by atoms with E-state index in [0.717, 1.165) is 19.3 Å². The number of hydrogen-bond donors (Lipinski definition) is 2. The Morgan fingerprint density at radius 1 is 1.20 bits per heavy atom. The minimum absolute atomic E-state index is 0.124. The van der Waals surface area contributed by atoms with Gasteiger partial charge in [0, 0.05) is 24.3 Å². The van der Waals surface area contributed by atoms with E-state index in [1.54, 1.807) is 0 Å². The minimum atomic E-state index is -1.07. The molecule has 4 heteroatoms. The summed E-state index contributed by atoms with van der Waals surface area (Å²) in [5, 5.41) is 12.9. The summed E-state index contributed by atoms with van der Waals surface area (Å²) in [4.78, 5) is 24.5. The first-order chi connectivity index (χ1) is 9.65. The van der Waals surface area contributed by atoms with Crippen molar-refractivity contribution in [2.24, 2.45) is 17.8 Å². The summed E-state index contributed by atoms with van der Waals surface area (Å²) in [6.07, 6.45) is 7.96. The molecule has 0 bridgehead atoms. The highest BCUT2D eigenvalue weighted by molar-refractivity contribution is 5.94. The smallest absolute Gasteiger partial charge is 0.179 e. The fourth-order valence-corrected chi connectivity index (χ4v) is 3.91. The van der Waals surface area contributed by atoms with Crippen molar-refractivity contribution in [1.29, 1.82) is 0 Å². The molecule has 0 radical (unpaired) electrons. The summed E-state index contributed by atoms with van der Waals surface area (Å²) < 4.78 is 0. The molecule has 0 heterocycles. The van der Waals surface area contributed by atoms with Gasteiger partial charge in [-0.05, 0) is 31.6 Å². The fourth-order valence-electron chi connectivity index (χ4n) is 3.91. The van der Waals surface area contributed by atoms with E-state index in [1.165, 1.54) is 25.7 Å². The molecule has 0 aromatic rings.